The first-order valence-corrected chi connectivity index (χ1v) is 11.7. The lowest BCUT2D eigenvalue weighted by atomic mass is 9.81. The van der Waals surface area contributed by atoms with E-state index in [0.717, 1.165) is 28.9 Å². The van der Waals surface area contributed by atoms with Gasteiger partial charge in [0.15, 0.2) is 0 Å². The third kappa shape index (κ3) is 6.62. The zero-order valence-corrected chi connectivity index (χ0v) is 19.8. The summed E-state index contributed by atoms with van der Waals surface area (Å²) in [5, 5.41) is 19.4. The highest BCUT2D eigenvalue weighted by Gasteiger charge is 2.50. The third-order valence-corrected chi connectivity index (χ3v) is 6.19. The Hall–Kier alpha value is -3.81. The summed E-state index contributed by atoms with van der Waals surface area (Å²) >= 11 is 0. The molecule has 1 saturated heterocycles. The van der Waals surface area contributed by atoms with Gasteiger partial charge in [-0.3, -0.25) is 9.69 Å². The molecule has 1 aliphatic rings. The van der Waals surface area contributed by atoms with Gasteiger partial charge < -0.3 is 19.7 Å². The number of hydrogen-bond acceptors (Lipinski definition) is 5. The number of likely N-dealkylation sites (tertiary alicyclic amines) is 1. The molecular formula is C27H31NO7. The maximum Gasteiger partial charge on any atom is 0.410 e. The van der Waals surface area contributed by atoms with Crippen LogP contribution in [0, 0.1) is 11.8 Å². The molecule has 1 fully saturated rings. The minimum Gasteiger partial charge on any atom is -0.494 e. The van der Waals surface area contributed by atoms with Gasteiger partial charge in [0.05, 0.1) is 13.0 Å². The van der Waals surface area contributed by atoms with Crippen molar-refractivity contribution >= 4 is 23.6 Å². The average Bonchev–Trinajstić information content (AvgIpc) is 3.22. The molecule has 0 aromatic heterocycles. The molecule has 186 valence electrons. The summed E-state index contributed by atoms with van der Waals surface area (Å²) in [5.74, 6) is -3.13. The van der Waals surface area contributed by atoms with Crippen molar-refractivity contribution in [2.45, 2.75) is 38.8 Å². The number of unbranched alkanes of at least 4 members (excludes halogenated alkanes) is 1. The van der Waals surface area contributed by atoms with E-state index in [1.54, 1.807) is 24.3 Å². The molecule has 0 radical (unpaired) electrons. The van der Waals surface area contributed by atoms with Gasteiger partial charge in [-0.1, -0.05) is 62.4 Å². The summed E-state index contributed by atoms with van der Waals surface area (Å²) in [6.45, 7) is 6.82. The second-order valence-electron chi connectivity index (χ2n) is 8.60. The summed E-state index contributed by atoms with van der Waals surface area (Å²) in [7, 11) is 0. The maximum atomic E-state index is 12.9. The summed E-state index contributed by atoms with van der Waals surface area (Å²) in [5.41, 5.74) is 2.06. The Balaban J connectivity index is 1.79. The van der Waals surface area contributed by atoms with Crippen LogP contribution in [0.25, 0.3) is 5.57 Å². The van der Waals surface area contributed by atoms with E-state index in [0.29, 0.717) is 17.9 Å². The number of rotatable bonds is 11. The fraction of sp³-hybridized carbons (Fsp3) is 0.370. The summed E-state index contributed by atoms with van der Waals surface area (Å²) in [6.07, 6.45) is 0.754. The van der Waals surface area contributed by atoms with Gasteiger partial charge in [0, 0.05) is 18.4 Å². The monoisotopic (exact) mass is 481 g/mol. The molecule has 1 amide bonds. The van der Waals surface area contributed by atoms with Crippen molar-refractivity contribution < 1.29 is 34.1 Å². The largest absolute Gasteiger partial charge is 0.494 e. The van der Waals surface area contributed by atoms with Crippen LogP contribution in [0.4, 0.5) is 4.79 Å². The van der Waals surface area contributed by atoms with Crippen molar-refractivity contribution in [1.82, 2.24) is 4.90 Å². The number of carbonyl (C=O) groups is 3. The average molecular weight is 482 g/mol. The van der Waals surface area contributed by atoms with Gasteiger partial charge >= 0.3 is 18.0 Å². The molecule has 0 bridgehead atoms. The number of carbonyl (C=O) groups excluding carboxylic acids is 1. The molecule has 0 spiro atoms. The zero-order valence-electron chi connectivity index (χ0n) is 19.8. The van der Waals surface area contributed by atoms with E-state index in [1.165, 1.54) is 0 Å². The summed E-state index contributed by atoms with van der Waals surface area (Å²) in [4.78, 5) is 37.8. The van der Waals surface area contributed by atoms with E-state index in [4.69, 9.17) is 9.47 Å². The first kappa shape index (κ1) is 25.8. The van der Waals surface area contributed by atoms with Crippen molar-refractivity contribution in [2.75, 3.05) is 13.2 Å². The van der Waals surface area contributed by atoms with Gasteiger partial charge in [-0.2, -0.15) is 0 Å². The molecule has 8 heteroatoms. The van der Waals surface area contributed by atoms with Crippen LogP contribution in [0.2, 0.25) is 0 Å². The Morgan fingerprint density at radius 1 is 1.06 bits per heavy atom. The smallest absolute Gasteiger partial charge is 0.410 e. The predicted octanol–water partition coefficient (Wildman–Crippen LogP) is 4.69. The molecule has 2 aromatic carbocycles. The standard InChI is InChI=1S/C27H31NO7/c1-3-4-14-34-21-12-10-20(11-13-21)18(2)23-16-28(25(26(31)32)22(23)15-24(29)30)27(33)35-17-19-8-6-5-7-9-19/h5-13,22-23,25H,2-4,14-17H2,1H3,(H,29,30)(H,31,32)/t22-,23+,25-/m0/s1. The predicted molar refractivity (Wildman–Crippen MR) is 130 cm³/mol. The zero-order chi connectivity index (χ0) is 25.4. The second kappa shape index (κ2) is 12.1. The topological polar surface area (TPSA) is 113 Å². The first-order chi connectivity index (χ1) is 16.8. The molecule has 3 rings (SSSR count). The number of amides is 1. The van der Waals surface area contributed by atoms with Crippen molar-refractivity contribution in [3.8, 4) is 5.75 Å². The van der Waals surface area contributed by atoms with E-state index in [9.17, 15) is 24.6 Å². The molecule has 2 aromatic rings. The van der Waals surface area contributed by atoms with Crippen molar-refractivity contribution in [2.24, 2.45) is 11.8 Å². The van der Waals surface area contributed by atoms with Gasteiger partial charge in [-0.25, -0.2) is 9.59 Å². The number of nitrogens with zero attached hydrogens (tertiary/aromatic N) is 1. The lowest BCUT2D eigenvalue weighted by Crippen LogP contribution is -2.44. The van der Waals surface area contributed by atoms with Gasteiger partial charge in [0.1, 0.15) is 18.4 Å². The number of carboxylic acid groups (broad SMARTS) is 2. The first-order valence-electron chi connectivity index (χ1n) is 11.7. The van der Waals surface area contributed by atoms with Crippen LogP contribution < -0.4 is 4.74 Å². The Kier molecular flexibility index (Phi) is 8.89. The molecule has 0 saturated carbocycles. The lowest BCUT2D eigenvalue weighted by Gasteiger charge is -2.24. The van der Waals surface area contributed by atoms with E-state index in [-0.39, 0.29) is 13.2 Å². The number of ether oxygens (including phenoxy) is 2. The maximum absolute atomic E-state index is 12.9. The summed E-state index contributed by atoms with van der Waals surface area (Å²) < 4.78 is 11.1. The van der Waals surface area contributed by atoms with Gasteiger partial charge in [0.25, 0.3) is 0 Å². The molecule has 8 nitrogen and oxygen atoms in total. The molecule has 0 unspecified atom stereocenters. The van der Waals surface area contributed by atoms with Gasteiger partial charge in [0.2, 0.25) is 0 Å². The molecule has 1 aliphatic heterocycles. The van der Waals surface area contributed by atoms with Gasteiger partial charge in [-0.05, 0) is 35.3 Å². The molecular weight excluding hydrogens is 450 g/mol. The number of hydrogen-bond donors (Lipinski definition) is 2. The van der Waals surface area contributed by atoms with Crippen LogP contribution in [0.15, 0.2) is 61.2 Å². The van der Waals surface area contributed by atoms with Gasteiger partial charge in [-0.15, -0.1) is 0 Å². The van der Waals surface area contributed by atoms with E-state index < -0.39 is 42.3 Å². The van der Waals surface area contributed by atoms with Crippen molar-refractivity contribution in [1.29, 1.82) is 0 Å². The third-order valence-electron chi connectivity index (χ3n) is 6.19. The number of benzene rings is 2. The molecule has 2 N–H and O–H groups in total. The van der Waals surface area contributed by atoms with Crippen LogP contribution in [0.5, 0.6) is 5.75 Å². The lowest BCUT2D eigenvalue weighted by molar-refractivity contribution is -0.144. The Morgan fingerprint density at radius 3 is 2.34 bits per heavy atom. The minimum absolute atomic E-state index is 0.00385. The fourth-order valence-electron chi connectivity index (χ4n) is 4.36. The highest BCUT2D eigenvalue weighted by atomic mass is 16.6. The molecule has 1 heterocycles. The van der Waals surface area contributed by atoms with Crippen LogP contribution in [-0.2, 0) is 20.9 Å². The second-order valence-corrected chi connectivity index (χ2v) is 8.60. The van der Waals surface area contributed by atoms with Crippen molar-refractivity contribution in [3.63, 3.8) is 0 Å². The molecule has 0 aliphatic carbocycles. The Morgan fingerprint density at radius 2 is 1.74 bits per heavy atom. The Labute approximate surface area is 204 Å². The van der Waals surface area contributed by atoms with E-state index >= 15 is 0 Å². The molecule has 3 atom stereocenters. The van der Waals surface area contributed by atoms with E-state index in [2.05, 4.69) is 13.5 Å². The quantitative estimate of drug-likeness (QED) is 0.448. The molecule has 35 heavy (non-hydrogen) atoms. The number of carboxylic acids is 2. The Bertz CT molecular complexity index is 1040. The SMILES string of the molecule is C=C(c1ccc(OCCCC)cc1)[C@H]1CN(C(=O)OCc2ccccc2)[C@H](C(=O)O)[C@H]1CC(=O)O. The van der Waals surface area contributed by atoms with Crippen LogP contribution in [-0.4, -0.2) is 52.3 Å². The minimum atomic E-state index is -1.34. The normalized spacial score (nSPS) is 19.2. The highest BCUT2D eigenvalue weighted by Crippen LogP contribution is 2.41. The highest BCUT2D eigenvalue weighted by molar-refractivity contribution is 5.84. The van der Waals surface area contributed by atoms with E-state index in [1.807, 2.05) is 30.3 Å². The fourth-order valence-corrected chi connectivity index (χ4v) is 4.36. The van der Waals surface area contributed by atoms with Crippen molar-refractivity contribution in [3.05, 3.63) is 72.3 Å². The number of aliphatic carboxylic acids is 2. The summed E-state index contributed by atoms with van der Waals surface area (Å²) in [6, 6.07) is 14.9. The van der Waals surface area contributed by atoms with Crippen LogP contribution >= 0.6 is 0 Å². The van der Waals surface area contributed by atoms with Crippen LogP contribution in [0.1, 0.15) is 37.3 Å². The van der Waals surface area contributed by atoms with Crippen LogP contribution in [0.3, 0.4) is 0 Å².